The van der Waals surface area contributed by atoms with Crippen LogP contribution in [0.25, 0.3) is 0 Å². The molecular formula is C24H23N3O4S. The van der Waals surface area contributed by atoms with Crippen LogP contribution in [0.4, 0.5) is 5.69 Å². The Morgan fingerprint density at radius 3 is 2.69 bits per heavy atom. The van der Waals surface area contributed by atoms with Gasteiger partial charge in [0.25, 0.3) is 0 Å². The molecule has 164 valence electrons. The molecular weight excluding hydrogens is 426 g/mol. The highest BCUT2D eigenvalue weighted by Gasteiger charge is 2.27. The summed E-state index contributed by atoms with van der Waals surface area (Å²) in [5.41, 5.74) is 3.17. The van der Waals surface area contributed by atoms with E-state index >= 15 is 0 Å². The lowest BCUT2D eigenvalue weighted by molar-refractivity contribution is -0.136. The minimum atomic E-state index is -0.710. The molecule has 2 N–H and O–H groups in total. The van der Waals surface area contributed by atoms with Crippen LogP contribution >= 0.6 is 11.3 Å². The molecule has 0 aliphatic carbocycles. The summed E-state index contributed by atoms with van der Waals surface area (Å²) in [6.45, 7) is 2.23. The Balaban J connectivity index is 1.23. The van der Waals surface area contributed by atoms with Gasteiger partial charge in [0.1, 0.15) is 0 Å². The number of hydrogen-bond donors (Lipinski definition) is 2. The van der Waals surface area contributed by atoms with E-state index in [1.54, 1.807) is 29.5 Å². The van der Waals surface area contributed by atoms with Gasteiger partial charge in [-0.3, -0.25) is 14.5 Å². The maximum atomic E-state index is 12.5. The van der Waals surface area contributed by atoms with Crippen LogP contribution in [0.2, 0.25) is 0 Å². The molecule has 0 spiro atoms. The largest absolute Gasteiger partial charge is 0.454 e. The van der Waals surface area contributed by atoms with Crippen LogP contribution in [0.15, 0.2) is 60.0 Å². The summed E-state index contributed by atoms with van der Waals surface area (Å²) >= 11 is 1.66. The number of nitrogens with one attached hydrogen (secondary N) is 2. The molecule has 0 unspecified atom stereocenters. The Hall–Kier alpha value is -3.36. The third kappa shape index (κ3) is 4.32. The highest BCUT2D eigenvalue weighted by molar-refractivity contribution is 7.10. The number of hydrogen-bond acceptors (Lipinski definition) is 6. The molecule has 2 aliphatic rings. The standard InChI is InChI=1S/C24H23N3O4S/c28-23(24(29)26-18-7-8-20-21(12-18)31-15-30-20)25-13-19(22-6-3-11-32-22)27-10-9-16-4-1-2-5-17(16)14-27/h1-8,11-12,19H,9-10,13-15H2,(H,25,28)(H,26,29)/t19-/m1/s1. The van der Waals surface area contributed by atoms with Gasteiger partial charge in [-0.25, -0.2) is 0 Å². The first-order chi connectivity index (χ1) is 15.7. The number of ether oxygens (including phenoxy) is 2. The summed E-state index contributed by atoms with van der Waals surface area (Å²) in [6.07, 6.45) is 0.969. The van der Waals surface area contributed by atoms with Gasteiger partial charge in [-0.2, -0.15) is 0 Å². The third-order valence-electron chi connectivity index (χ3n) is 5.77. The average Bonchev–Trinajstić information content (AvgIpc) is 3.51. The average molecular weight is 450 g/mol. The number of carbonyl (C=O) groups is 2. The van der Waals surface area contributed by atoms with Crippen molar-refractivity contribution < 1.29 is 19.1 Å². The number of rotatable bonds is 5. The second-order valence-electron chi connectivity index (χ2n) is 7.75. The van der Waals surface area contributed by atoms with Gasteiger partial charge < -0.3 is 20.1 Å². The van der Waals surface area contributed by atoms with Gasteiger partial charge in [-0.05, 0) is 41.1 Å². The van der Waals surface area contributed by atoms with E-state index in [4.69, 9.17) is 9.47 Å². The van der Waals surface area contributed by atoms with Crippen LogP contribution in [0.3, 0.4) is 0 Å². The van der Waals surface area contributed by atoms with Crippen molar-refractivity contribution in [2.45, 2.75) is 19.0 Å². The molecule has 2 aromatic carbocycles. The van der Waals surface area contributed by atoms with Gasteiger partial charge in [0.15, 0.2) is 11.5 Å². The number of anilines is 1. The molecule has 8 heteroatoms. The van der Waals surface area contributed by atoms with Crippen LogP contribution in [-0.2, 0) is 22.6 Å². The zero-order valence-electron chi connectivity index (χ0n) is 17.4. The van der Waals surface area contributed by atoms with Crippen molar-refractivity contribution in [3.8, 4) is 11.5 Å². The smallest absolute Gasteiger partial charge is 0.313 e. The van der Waals surface area contributed by atoms with Crippen LogP contribution < -0.4 is 20.1 Å². The molecule has 0 bridgehead atoms. The fraction of sp³-hybridized carbons (Fsp3) is 0.250. The molecule has 0 saturated heterocycles. The summed E-state index contributed by atoms with van der Waals surface area (Å²) in [6, 6.07) is 17.6. The fourth-order valence-corrected chi connectivity index (χ4v) is 4.97. The molecule has 3 aromatic rings. The number of fused-ring (bicyclic) bond motifs is 2. The zero-order valence-corrected chi connectivity index (χ0v) is 18.2. The van der Waals surface area contributed by atoms with Gasteiger partial charge in [0.2, 0.25) is 6.79 Å². The van der Waals surface area contributed by atoms with E-state index in [2.05, 4.69) is 45.9 Å². The molecule has 2 aliphatic heterocycles. The van der Waals surface area contributed by atoms with Crippen LogP contribution in [0.5, 0.6) is 11.5 Å². The summed E-state index contributed by atoms with van der Waals surface area (Å²) in [5.74, 6) is -0.208. The van der Waals surface area contributed by atoms with E-state index in [9.17, 15) is 9.59 Å². The van der Waals surface area contributed by atoms with Gasteiger partial charge in [0, 0.05) is 36.3 Å². The Kier molecular flexibility index (Phi) is 5.79. The summed E-state index contributed by atoms with van der Waals surface area (Å²) in [5, 5.41) is 7.48. The second kappa shape index (κ2) is 9.02. The Bertz CT molecular complexity index is 1130. The maximum Gasteiger partial charge on any atom is 0.313 e. The van der Waals surface area contributed by atoms with Crippen molar-refractivity contribution in [3.63, 3.8) is 0 Å². The normalized spacial score (nSPS) is 15.6. The molecule has 0 fully saturated rings. The van der Waals surface area contributed by atoms with E-state index < -0.39 is 11.8 Å². The van der Waals surface area contributed by atoms with Crippen molar-refractivity contribution in [1.29, 1.82) is 0 Å². The van der Waals surface area contributed by atoms with Gasteiger partial charge >= 0.3 is 11.8 Å². The van der Waals surface area contributed by atoms with Crippen LogP contribution in [-0.4, -0.2) is 36.6 Å². The summed E-state index contributed by atoms with van der Waals surface area (Å²) in [4.78, 5) is 28.5. The molecule has 32 heavy (non-hydrogen) atoms. The van der Waals surface area contributed by atoms with E-state index in [0.29, 0.717) is 23.7 Å². The number of carbonyl (C=O) groups excluding carboxylic acids is 2. The van der Waals surface area contributed by atoms with E-state index in [1.165, 1.54) is 16.0 Å². The summed E-state index contributed by atoms with van der Waals surface area (Å²) < 4.78 is 10.6. The lowest BCUT2D eigenvalue weighted by Gasteiger charge is -2.35. The second-order valence-corrected chi connectivity index (χ2v) is 8.73. The van der Waals surface area contributed by atoms with Crippen molar-refractivity contribution in [3.05, 3.63) is 76.0 Å². The first kappa shape index (κ1) is 20.5. The SMILES string of the molecule is O=C(NC[C@H](c1cccs1)N1CCc2ccccc2C1)C(=O)Nc1ccc2c(c1)OCO2. The number of thiophene rings is 1. The van der Waals surface area contributed by atoms with Crippen LogP contribution in [0.1, 0.15) is 22.0 Å². The minimum absolute atomic E-state index is 0.00523. The Morgan fingerprint density at radius 2 is 1.84 bits per heavy atom. The lowest BCUT2D eigenvalue weighted by Crippen LogP contribution is -2.43. The monoisotopic (exact) mass is 449 g/mol. The van der Waals surface area contributed by atoms with Crippen molar-refractivity contribution in [2.24, 2.45) is 0 Å². The highest BCUT2D eigenvalue weighted by atomic mass is 32.1. The van der Waals surface area contributed by atoms with E-state index in [1.807, 2.05) is 11.4 Å². The molecule has 1 aromatic heterocycles. The third-order valence-corrected chi connectivity index (χ3v) is 6.74. The fourth-order valence-electron chi connectivity index (χ4n) is 4.11. The molecule has 5 rings (SSSR count). The van der Waals surface area contributed by atoms with Crippen molar-refractivity contribution in [2.75, 3.05) is 25.2 Å². The molecule has 0 saturated carbocycles. The van der Waals surface area contributed by atoms with E-state index in [0.717, 1.165) is 19.5 Å². The van der Waals surface area contributed by atoms with Crippen molar-refractivity contribution >= 4 is 28.8 Å². The Labute approximate surface area is 190 Å². The van der Waals surface area contributed by atoms with Gasteiger partial charge in [0.05, 0.1) is 6.04 Å². The number of benzene rings is 2. The minimum Gasteiger partial charge on any atom is -0.454 e. The Morgan fingerprint density at radius 1 is 1.00 bits per heavy atom. The first-order valence-electron chi connectivity index (χ1n) is 10.5. The topological polar surface area (TPSA) is 79.9 Å². The molecule has 3 heterocycles. The zero-order chi connectivity index (χ0) is 21.9. The summed E-state index contributed by atoms with van der Waals surface area (Å²) in [7, 11) is 0. The first-order valence-corrected chi connectivity index (χ1v) is 11.4. The number of nitrogens with zero attached hydrogens (tertiary/aromatic N) is 1. The predicted octanol–water partition coefficient (Wildman–Crippen LogP) is 3.33. The molecule has 2 amide bonds. The van der Waals surface area contributed by atoms with E-state index in [-0.39, 0.29) is 12.8 Å². The maximum absolute atomic E-state index is 12.5. The lowest BCUT2D eigenvalue weighted by atomic mass is 9.98. The molecule has 0 radical (unpaired) electrons. The van der Waals surface area contributed by atoms with Crippen LogP contribution in [0, 0.1) is 0 Å². The van der Waals surface area contributed by atoms with Gasteiger partial charge in [-0.15, -0.1) is 11.3 Å². The molecule has 7 nitrogen and oxygen atoms in total. The predicted molar refractivity (Wildman–Crippen MR) is 122 cm³/mol. The number of amides is 2. The van der Waals surface area contributed by atoms with Gasteiger partial charge in [-0.1, -0.05) is 30.3 Å². The highest BCUT2D eigenvalue weighted by Crippen LogP contribution is 2.34. The van der Waals surface area contributed by atoms with Crippen molar-refractivity contribution in [1.82, 2.24) is 10.2 Å². The quantitative estimate of drug-likeness (QED) is 0.584. The molecule has 1 atom stereocenters.